The predicted octanol–water partition coefficient (Wildman–Crippen LogP) is 4.58. The van der Waals surface area contributed by atoms with Crippen LogP contribution in [0.3, 0.4) is 0 Å². The van der Waals surface area contributed by atoms with Crippen molar-refractivity contribution in [3.8, 4) is 0 Å². The first-order valence-corrected chi connectivity index (χ1v) is 6.23. The van der Waals surface area contributed by atoms with Crippen molar-refractivity contribution in [3.63, 3.8) is 0 Å². The Morgan fingerprint density at radius 1 is 1.15 bits per heavy atom. The second-order valence-corrected chi connectivity index (χ2v) is 4.65. The van der Waals surface area contributed by atoms with Crippen molar-refractivity contribution in [2.24, 2.45) is 0 Å². The monoisotopic (exact) mass is 280 g/mol. The number of nitrogens with one attached hydrogen (secondary N) is 1. The van der Waals surface area contributed by atoms with E-state index in [0.29, 0.717) is 0 Å². The van der Waals surface area contributed by atoms with Crippen LogP contribution in [0.1, 0.15) is 29.7 Å². The molecule has 2 aromatic rings. The Balaban J connectivity index is 2.20. The van der Waals surface area contributed by atoms with Crippen molar-refractivity contribution in [1.29, 1.82) is 0 Å². The third kappa shape index (κ3) is 3.29. The highest BCUT2D eigenvalue weighted by molar-refractivity contribution is 5.42. The molecule has 1 unspecified atom stereocenters. The predicted molar refractivity (Wildman–Crippen MR) is 72.5 cm³/mol. The standard InChI is InChI=1S/C15H15F3N2/c1-10-5-3-4-6-13(10)11(2)20-14-9-12(7-8-19-14)15(16,17)18/h3-9,11H,1-2H3,(H,19,20). The molecule has 5 heteroatoms. The summed E-state index contributed by atoms with van der Waals surface area (Å²) in [4.78, 5) is 3.94. The highest BCUT2D eigenvalue weighted by Gasteiger charge is 2.30. The molecule has 0 bridgehead atoms. The molecule has 0 aliphatic rings. The second kappa shape index (κ2) is 5.53. The van der Waals surface area contributed by atoms with Gasteiger partial charge in [-0.25, -0.2) is 4.98 Å². The molecular formula is C15H15F3N2. The van der Waals surface area contributed by atoms with Gasteiger partial charge in [-0.05, 0) is 37.1 Å². The third-order valence-corrected chi connectivity index (χ3v) is 3.11. The number of hydrogen-bond donors (Lipinski definition) is 1. The fourth-order valence-corrected chi connectivity index (χ4v) is 2.06. The number of pyridine rings is 1. The van der Waals surface area contributed by atoms with Crippen LogP contribution in [0.5, 0.6) is 0 Å². The first kappa shape index (κ1) is 14.4. The molecule has 2 rings (SSSR count). The van der Waals surface area contributed by atoms with Gasteiger partial charge in [-0.1, -0.05) is 24.3 Å². The van der Waals surface area contributed by atoms with E-state index < -0.39 is 11.7 Å². The maximum absolute atomic E-state index is 12.6. The number of anilines is 1. The maximum Gasteiger partial charge on any atom is 0.416 e. The Bertz CT molecular complexity index is 594. The van der Waals surface area contributed by atoms with E-state index in [0.717, 1.165) is 29.5 Å². The molecule has 1 aromatic carbocycles. The zero-order valence-corrected chi connectivity index (χ0v) is 11.2. The third-order valence-electron chi connectivity index (χ3n) is 3.11. The Kier molecular flexibility index (Phi) is 3.97. The van der Waals surface area contributed by atoms with Crippen molar-refractivity contribution in [2.45, 2.75) is 26.1 Å². The summed E-state index contributed by atoms with van der Waals surface area (Å²) in [6.07, 6.45) is -3.19. The van der Waals surface area contributed by atoms with E-state index in [-0.39, 0.29) is 11.9 Å². The minimum Gasteiger partial charge on any atom is -0.364 e. The van der Waals surface area contributed by atoms with E-state index in [1.165, 1.54) is 0 Å². The van der Waals surface area contributed by atoms with Crippen molar-refractivity contribution < 1.29 is 13.2 Å². The van der Waals surface area contributed by atoms with Crippen LogP contribution in [0.2, 0.25) is 0 Å². The van der Waals surface area contributed by atoms with Crippen molar-refractivity contribution in [2.75, 3.05) is 5.32 Å². The lowest BCUT2D eigenvalue weighted by Crippen LogP contribution is -2.11. The van der Waals surface area contributed by atoms with Crippen molar-refractivity contribution in [3.05, 3.63) is 59.3 Å². The van der Waals surface area contributed by atoms with Crippen LogP contribution in [0.4, 0.5) is 19.0 Å². The molecule has 0 spiro atoms. The van der Waals surface area contributed by atoms with Crippen LogP contribution < -0.4 is 5.32 Å². The fourth-order valence-electron chi connectivity index (χ4n) is 2.06. The van der Waals surface area contributed by atoms with Crippen LogP contribution >= 0.6 is 0 Å². The molecule has 0 amide bonds. The topological polar surface area (TPSA) is 24.9 Å². The van der Waals surface area contributed by atoms with Gasteiger partial charge in [-0.15, -0.1) is 0 Å². The van der Waals surface area contributed by atoms with Gasteiger partial charge in [0.05, 0.1) is 11.6 Å². The van der Waals surface area contributed by atoms with E-state index >= 15 is 0 Å². The first-order valence-electron chi connectivity index (χ1n) is 6.23. The molecule has 1 aromatic heterocycles. The molecule has 0 radical (unpaired) electrons. The van der Waals surface area contributed by atoms with Crippen LogP contribution in [0.15, 0.2) is 42.6 Å². The van der Waals surface area contributed by atoms with Gasteiger partial charge < -0.3 is 5.32 Å². The maximum atomic E-state index is 12.6. The Morgan fingerprint density at radius 3 is 2.50 bits per heavy atom. The van der Waals surface area contributed by atoms with Crippen LogP contribution in [-0.2, 0) is 6.18 Å². The van der Waals surface area contributed by atoms with Crippen molar-refractivity contribution >= 4 is 5.82 Å². The van der Waals surface area contributed by atoms with Crippen molar-refractivity contribution in [1.82, 2.24) is 4.98 Å². The number of benzene rings is 1. The van der Waals surface area contributed by atoms with Gasteiger partial charge in [0, 0.05) is 6.20 Å². The molecule has 0 saturated carbocycles. The molecule has 0 aliphatic heterocycles. The molecule has 20 heavy (non-hydrogen) atoms. The average molecular weight is 280 g/mol. The number of halogens is 3. The van der Waals surface area contributed by atoms with Gasteiger partial charge in [0.2, 0.25) is 0 Å². The van der Waals surface area contributed by atoms with Gasteiger partial charge in [-0.2, -0.15) is 13.2 Å². The highest BCUT2D eigenvalue weighted by atomic mass is 19.4. The van der Waals surface area contributed by atoms with Gasteiger partial charge in [0.1, 0.15) is 5.82 Å². The summed E-state index contributed by atoms with van der Waals surface area (Å²) in [5.41, 5.74) is 1.41. The lowest BCUT2D eigenvalue weighted by atomic mass is 10.0. The summed E-state index contributed by atoms with van der Waals surface area (Å²) < 4.78 is 37.9. The number of rotatable bonds is 3. The number of nitrogens with zero attached hydrogens (tertiary/aromatic N) is 1. The lowest BCUT2D eigenvalue weighted by Gasteiger charge is -2.18. The van der Waals surface area contributed by atoms with E-state index in [9.17, 15) is 13.2 Å². The first-order chi connectivity index (χ1) is 9.38. The zero-order chi connectivity index (χ0) is 14.8. The Hall–Kier alpha value is -2.04. The van der Waals surface area contributed by atoms with Gasteiger partial charge in [0.25, 0.3) is 0 Å². The molecule has 1 atom stereocenters. The second-order valence-electron chi connectivity index (χ2n) is 4.65. The van der Waals surface area contributed by atoms with Gasteiger partial charge in [-0.3, -0.25) is 0 Å². The Labute approximate surface area is 115 Å². The number of aromatic nitrogens is 1. The molecule has 2 nitrogen and oxygen atoms in total. The summed E-state index contributed by atoms with van der Waals surface area (Å²) in [6.45, 7) is 3.86. The highest BCUT2D eigenvalue weighted by Crippen LogP contribution is 2.30. The van der Waals surface area contributed by atoms with E-state index in [2.05, 4.69) is 10.3 Å². The summed E-state index contributed by atoms with van der Waals surface area (Å²) >= 11 is 0. The van der Waals surface area contributed by atoms with Gasteiger partial charge >= 0.3 is 6.18 Å². The fraction of sp³-hybridized carbons (Fsp3) is 0.267. The smallest absolute Gasteiger partial charge is 0.364 e. The SMILES string of the molecule is Cc1ccccc1C(C)Nc1cc(C(F)(F)F)ccn1. The number of aryl methyl sites for hydroxylation is 1. The zero-order valence-electron chi connectivity index (χ0n) is 11.2. The summed E-state index contributed by atoms with van der Waals surface area (Å²) in [7, 11) is 0. The lowest BCUT2D eigenvalue weighted by molar-refractivity contribution is -0.137. The molecule has 1 N–H and O–H groups in total. The summed E-state index contributed by atoms with van der Waals surface area (Å²) in [6, 6.07) is 9.60. The number of hydrogen-bond acceptors (Lipinski definition) is 2. The molecule has 1 heterocycles. The Morgan fingerprint density at radius 2 is 1.85 bits per heavy atom. The van der Waals surface area contributed by atoms with Gasteiger partial charge in [0.15, 0.2) is 0 Å². The average Bonchev–Trinajstić information content (AvgIpc) is 2.38. The summed E-state index contributed by atoms with van der Waals surface area (Å²) in [5, 5.41) is 3.00. The van der Waals surface area contributed by atoms with E-state index in [4.69, 9.17) is 0 Å². The molecule has 0 aliphatic carbocycles. The van der Waals surface area contributed by atoms with E-state index in [1.54, 1.807) is 0 Å². The van der Waals surface area contributed by atoms with Crippen LogP contribution in [-0.4, -0.2) is 4.98 Å². The summed E-state index contributed by atoms with van der Waals surface area (Å²) in [5.74, 6) is 0.218. The number of alkyl halides is 3. The molecule has 106 valence electrons. The molecular weight excluding hydrogens is 265 g/mol. The molecule has 0 fully saturated rings. The largest absolute Gasteiger partial charge is 0.416 e. The van der Waals surface area contributed by atoms with E-state index in [1.807, 2.05) is 38.1 Å². The van der Waals surface area contributed by atoms with Crippen LogP contribution in [0, 0.1) is 6.92 Å². The minimum absolute atomic E-state index is 0.118. The quantitative estimate of drug-likeness (QED) is 0.890. The minimum atomic E-state index is -4.36. The normalized spacial score (nSPS) is 13.1. The molecule has 0 saturated heterocycles. The van der Waals surface area contributed by atoms with Crippen LogP contribution in [0.25, 0.3) is 0 Å².